The van der Waals surface area contributed by atoms with Crippen molar-refractivity contribution >= 4 is 43.7 Å². The van der Waals surface area contributed by atoms with Gasteiger partial charge >= 0.3 is 0 Å². The molecule has 3 unspecified atom stereocenters. The van der Waals surface area contributed by atoms with Gasteiger partial charge in [-0.1, -0.05) is 18.2 Å². The zero-order valence-corrected chi connectivity index (χ0v) is 19.7. The molecule has 1 saturated heterocycles. The third kappa shape index (κ3) is 4.94. The Morgan fingerprint density at radius 1 is 1.08 bits per heavy atom. The molecule has 2 heterocycles. The van der Waals surface area contributed by atoms with Crippen LogP contribution in [0.15, 0.2) is 71.9 Å². The van der Waals surface area contributed by atoms with Gasteiger partial charge in [-0.05, 0) is 42.3 Å². The number of aliphatic hydroxyl groups is 1. The Morgan fingerprint density at radius 3 is 2.64 bits per heavy atom. The van der Waals surface area contributed by atoms with Crippen molar-refractivity contribution in [2.24, 2.45) is 0 Å². The van der Waals surface area contributed by atoms with Gasteiger partial charge in [0.05, 0.1) is 45.2 Å². The van der Waals surface area contributed by atoms with Crippen LogP contribution in [0.3, 0.4) is 0 Å². The topological polar surface area (TPSA) is 106 Å². The molecule has 0 spiro atoms. The molecule has 1 aromatic heterocycles. The lowest BCUT2D eigenvalue weighted by atomic mass is 10.2. The summed E-state index contributed by atoms with van der Waals surface area (Å²) in [6, 6.07) is 15.1. The lowest BCUT2D eigenvalue weighted by molar-refractivity contribution is 0.0736. The van der Waals surface area contributed by atoms with Gasteiger partial charge in [-0.15, -0.1) is 0 Å². The van der Waals surface area contributed by atoms with Crippen LogP contribution in [0.2, 0.25) is 0 Å². The van der Waals surface area contributed by atoms with Gasteiger partial charge in [0.1, 0.15) is 35.6 Å². The summed E-state index contributed by atoms with van der Waals surface area (Å²) in [4.78, 5) is 8.77. The summed E-state index contributed by atoms with van der Waals surface area (Å²) >= 11 is 0. The summed E-state index contributed by atoms with van der Waals surface area (Å²) in [5.74, 6) is 2.76. The van der Waals surface area contributed by atoms with Gasteiger partial charge in [0.2, 0.25) is 0 Å². The molecule has 0 saturated carbocycles. The molecule has 1 aliphatic rings. The lowest BCUT2D eigenvalue weighted by Gasteiger charge is -2.19. The monoisotopic (exact) mass is 512 g/mol. The lowest BCUT2D eigenvalue weighted by Crippen LogP contribution is -2.30. The zero-order chi connectivity index (χ0) is 25.3. The number of fused-ring (bicyclic) bond motifs is 1. The first-order valence-electron chi connectivity index (χ1n) is 10.9. The first kappa shape index (κ1) is 23.9. The summed E-state index contributed by atoms with van der Waals surface area (Å²) in [7, 11) is -2.94. The molecule has 0 aliphatic carbocycles. The minimum absolute atomic E-state index is 0.0674. The highest BCUT2D eigenvalue weighted by Gasteiger charge is 2.29. The summed E-state index contributed by atoms with van der Waals surface area (Å²) in [5.41, 5.74) is 0.777. The first-order valence-corrected chi connectivity index (χ1v) is 12.7. The molecule has 186 valence electrons. The van der Waals surface area contributed by atoms with Crippen LogP contribution in [0, 0.1) is 11.6 Å². The maximum atomic E-state index is 15.3. The molecular formula is C25H22F2N4O4S. The van der Waals surface area contributed by atoms with Crippen LogP contribution in [0.4, 0.5) is 26.0 Å². The van der Waals surface area contributed by atoms with E-state index in [0.717, 1.165) is 6.07 Å². The van der Waals surface area contributed by atoms with Crippen molar-refractivity contribution in [2.75, 3.05) is 23.3 Å². The van der Waals surface area contributed by atoms with Crippen LogP contribution in [0.1, 0.15) is 0 Å². The molecule has 36 heavy (non-hydrogen) atoms. The maximum Gasteiger partial charge on any atom is 0.150 e. The van der Waals surface area contributed by atoms with E-state index in [9.17, 15) is 13.7 Å². The standard InChI is InChI=1S/C25H22F2N4O4S/c1-36(33,17-5-3-2-4-6-17)31-16-10-18(27)24-20(11-16)28-14-29-25(24)30-19-8-7-15(26)9-22(19)35-23-13-34-12-21(23)32/h2-11,14,21,23,32H,1,12-13H2,(H,31,33)(H,28,29,30). The normalized spacial score (nSPS) is 19.1. The summed E-state index contributed by atoms with van der Waals surface area (Å²) in [6.45, 7) is 0.265. The Morgan fingerprint density at radius 2 is 1.89 bits per heavy atom. The van der Waals surface area contributed by atoms with Crippen molar-refractivity contribution in [3.05, 3.63) is 78.6 Å². The van der Waals surface area contributed by atoms with Gasteiger partial charge in [-0.25, -0.2) is 23.0 Å². The van der Waals surface area contributed by atoms with Gasteiger partial charge in [0.15, 0.2) is 6.10 Å². The highest BCUT2D eigenvalue weighted by molar-refractivity contribution is 8.01. The SMILES string of the molecule is C=S(=O)(Nc1cc(F)c2c(Nc3ccc(F)cc3OC3COCC3O)ncnc2c1)c1ccccc1. The van der Waals surface area contributed by atoms with Crippen molar-refractivity contribution < 1.29 is 27.6 Å². The first-order chi connectivity index (χ1) is 17.3. The largest absolute Gasteiger partial charge is 0.483 e. The van der Waals surface area contributed by atoms with E-state index >= 15 is 4.39 Å². The molecule has 4 aromatic rings. The Hall–Kier alpha value is -3.80. The molecule has 0 radical (unpaired) electrons. The van der Waals surface area contributed by atoms with E-state index in [0.29, 0.717) is 10.6 Å². The Labute approximate surface area is 206 Å². The van der Waals surface area contributed by atoms with E-state index in [4.69, 9.17) is 9.47 Å². The number of hydrogen-bond acceptors (Lipinski definition) is 7. The van der Waals surface area contributed by atoms with Crippen LogP contribution in [0.5, 0.6) is 5.75 Å². The van der Waals surface area contributed by atoms with E-state index in [1.54, 1.807) is 30.3 Å². The average Bonchev–Trinajstić information content (AvgIpc) is 3.25. The van der Waals surface area contributed by atoms with Gasteiger partial charge in [0, 0.05) is 11.0 Å². The molecule has 0 amide bonds. The predicted molar refractivity (Wildman–Crippen MR) is 134 cm³/mol. The fourth-order valence-corrected chi connectivity index (χ4v) is 5.02. The van der Waals surface area contributed by atoms with E-state index in [2.05, 4.69) is 25.9 Å². The quantitative estimate of drug-likeness (QED) is 0.323. The smallest absolute Gasteiger partial charge is 0.150 e. The number of benzene rings is 3. The second-order valence-corrected chi connectivity index (χ2v) is 10.2. The molecule has 3 aromatic carbocycles. The Balaban J connectivity index is 1.47. The predicted octanol–water partition coefficient (Wildman–Crippen LogP) is 3.89. The summed E-state index contributed by atoms with van der Waals surface area (Å²) in [6.07, 6.45) is -0.295. The third-order valence-electron chi connectivity index (χ3n) is 5.57. The van der Waals surface area contributed by atoms with Crippen LogP contribution in [0.25, 0.3) is 10.9 Å². The number of ether oxygens (including phenoxy) is 2. The van der Waals surface area contributed by atoms with E-state index in [-0.39, 0.29) is 41.4 Å². The molecular weight excluding hydrogens is 490 g/mol. The minimum atomic E-state index is -2.94. The highest BCUT2D eigenvalue weighted by atomic mass is 32.2. The van der Waals surface area contributed by atoms with E-state index in [1.807, 2.05) is 0 Å². The summed E-state index contributed by atoms with van der Waals surface area (Å²) in [5, 5.41) is 13.0. The van der Waals surface area contributed by atoms with Gasteiger partial charge < -0.3 is 24.6 Å². The van der Waals surface area contributed by atoms with E-state index < -0.39 is 33.6 Å². The van der Waals surface area contributed by atoms with Crippen LogP contribution < -0.4 is 14.8 Å². The van der Waals surface area contributed by atoms with Crippen LogP contribution in [-0.4, -0.2) is 50.6 Å². The number of hydrogen-bond donors (Lipinski definition) is 3. The van der Waals surface area contributed by atoms with Crippen LogP contribution in [-0.2, 0) is 14.4 Å². The van der Waals surface area contributed by atoms with Crippen molar-refractivity contribution in [3.8, 4) is 5.75 Å². The zero-order valence-electron chi connectivity index (χ0n) is 18.9. The Bertz CT molecular complexity index is 1520. The fourth-order valence-electron chi connectivity index (χ4n) is 3.81. The molecule has 1 aliphatic heterocycles. The highest BCUT2D eigenvalue weighted by Crippen LogP contribution is 2.34. The van der Waals surface area contributed by atoms with Crippen molar-refractivity contribution in [1.29, 1.82) is 0 Å². The number of aromatic nitrogens is 2. The number of aliphatic hydroxyl groups excluding tert-OH is 1. The number of halogens is 2. The molecule has 1 fully saturated rings. The number of nitrogens with one attached hydrogen (secondary N) is 2. The third-order valence-corrected chi connectivity index (χ3v) is 7.17. The van der Waals surface area contributed by atoms with Gasteiger partial charge in [-0.2, -0.15) is 0 Å². The second-order valence-electron chi connectivity index (χ2n) is 8.19. The summed E-state index contributed by atoms with van der Waals surface area (Å²) < 4.78 is 56.1. The average molecular weight is 513 g/mol. The number of rotatable bonds is 7. The van der Waals surface area contributed by atoms with Gasteiger partial charge in [0.25, 0.3) is 0 Å². The fraction of sp³-hybridized carbons (Fsp3) is 0.160. The van der Waals surface area contributed by atoms with Crippen LogP contribution >= 0.6 is 0 Å². The second kappa shape index (κ2) is 9.69. The molecule has 5 rings (SSSR count). The van der Waals surface area contributed by atoms with E-state index in [1.165, 1.54) is 30.6 Å². The maximum absolute atomic E-state index is 15.3. The van der Waals surface area contributed by atoms with Crippen molar-refractivity contribution in [1.82, 2.24) is 9.97 Å². The molecule has 3 atom stereocenters. The van der Waals surface area contributed by atoms with Crippen molar-refractivity contribution in [3.63, 3.8) is 0 Å². The number of anilines is 3. The van der Waals surface area contributed by atoms with Crippen molar-refractivity contribution in [2.45, 2.75) is 17.1 Å². The van der Waals surface area contributed by atoms with Gasteiger partial charge in [-0.3, -0.25) is 0 Å². The molecule has 8 nitrogen and oxygen atoms in total. The molecule has 3 N–H and O–H groups in total. The molecule has 11 heteroatoms. The minimum Gasteiger partial charge on any atom is -0.483 e. The number of nitrogens with zero attached hydrogens (tertiary/aromatic N) is 2. The Kier molecular flexibility index (Phi) is 6.44. The molecule has 0 bridgehead atoms.